The first-order valence-corrected chi connectivity index (χ1v) is 11.9. The highest BCUT2D eigenvalue weighted by Gasteiger charge is 2.42. The van der Waals surface area contributed by atoms with Crippen LogP contribution in [0.25, 0.3) is 0 Å². The Bertz CT molecular complexity index is 394. The molecule has 0 aliphatic heterocycles. The fraction of sp³-hybridized carbons (Fsp3) is 0.917. The summed E-state index contributed by atoms with van der Waals surface area (Å²) in [7, 11) is 0. The molecule has 0 spiro atoms. The molecule has 0 aromatic heterocycles. The van der Waals surface area contributed by atoms with Gasteiger partial charge in [-0.05, 0) is 26.2 Å². The Kier molecular flexibility index (Phi) is 17.6. The molecule has 4 heteroatoms. The van der Waals surface area contributed by atoms with E-state index in [9.17, 15) is 14.7 Å². The summed E-state index contributed by atoms with van der Waals surface area (Å²) in [5.41, 5.74) is -1.95. The predicted molar refractivity (Wildman–Crippen MR) is 116 cm³/mol. The minimum atomic E-state index is -1.95. The van der Waals surface area contributed by atoms with E-state index < -0.39 is 17.4 Å². The van der Waals surface area contributed by atoms with Gasteiger partial charge in [-0.25, -0.2) is 4.79 Å². The van der Waals surface area contributed by atoms with Crippen molar-refractivity contribution in [3.8, 4) is 0 Å². The van der Waals surface area contributed by atoms with E-state index in [4.69, 9.17) is 4.74 Å². The summed E-state index contributed by atoms with van der Waals surface area (Å²) in [6, 6.07) is 0. The lowest BCUT2D eigenvalue weighted by Gasteiger charge is -2.23. The van der Waals surface area contributed by atoms with Gasteiger partial charge in [-0.15, -0.1) is 0 Å². The molecule has 0 aromatic rings. The first-order valence-electron chi connectivity index (χ1n) is 11.9. The van der Waals surface area contributed by atoms with Gasteiger partial charge in [0.15, 0.2) is 5.78 Å². The molecule has 0 bridgehead atoms. The summed E-state index contributed by atoms with van der Waals surface area (Å²) in [5, 5.41) is 10.4. The molecule has 166 valence electrons. The smallest absolute Gasteiger partial charge is 0.345 e. The summed E-state index contributed by atoms with van der Waals surface area (Å²) in [6.07, 6.45) is 19.2. The molecular weight excluding hydrogens is 352 g/mol. The lowest BCUT2D eigenvalue weighted by atomic mass is 9.92. The average molecular weight is 399 g/mol. The average Bonchev–Trinajstić information content (AvgIpc) is 2.67. The van der Waals surface area contributed by atoms with Crippen LogP contribution in [0.3, 0.4) is 0 Å². The molecular formula is C24H46O4. The number of rotatable bonds is 20. The summed E-state index contributed by atoms with van der Waals surface area (Å²) >= 11 is 0. The number of ketones is 1. The van der Waals surface area contributed by atoms with Gasteiger partial charge in [0, 0.05) is 0 Å². The third-order valence-electron chi connectivity index (χ3n) is 5.54. The highest BCUT2D eigenvalue weighted by atomic mass is 16.5. The van der Waals surface area contributed by atoms with Crippen LogP contribution in [0.2, 0.25) is 0 Å². The van der Waals surface area contributed by atoms with Gasteiger partial charge in [-0.2, -0.15) is 0 Å². The second kappa shape index (κ2) is 18.1. The van der Waals surface area contributed by atoms with Crippen LogP contribution in [0.5, 0.6) is 0 Å². The van der Waals surface area contributed by atoms with Crippen molar-refractivity contribution >= 4 is 11.8 Å². The highest BCUT2D eigenvalue weighted by Crippen LogP contribution is 2.20. The van der Waals surface area contributed by atoms with Gasteiger partial charge in [0.1, 0.15) is 0 Å². The van der Waals surface area contributed by atoms with Crippen LogP contribution in [0.4, 0.5) is 0 Å². The molecule has 1 unspecified atom stereocenters. The van der Waals surface area contributed by atoms with E-state index in [1.165, 1.54) is 77.6 Å². The molecule has 0 aliphatic rings. The third kappa shape index (κ3) is 13.3. The Morgan fingerprint density at radius 1 is 0.679 bits per heavy atom. The van der Waals surface area contributed by atoms with Crippen LogP contribution >= 0.6 is 0 Å². The summed E-state index contributed by atoms with van der Waals surface area (Å²) in [5.74, 6) is -1.29. The molecule has 4 nitrogen and oxygen atoms in total. The number of hydrogen-bond donors (Lipinski definition) is 1. The van der Waals surface area contributed by atoms with Gasteiger partial charge in [0.05, 0.1) is 6.61 Å². The molecule has 28 heavy (non-hydrogen) atoms. The second-order valence-electron chi connectivity index (χ2n) is 8.25. The van der Waals surface area contributed by atoms with E-state index in [2.05, 4.69) is 6.92 Å². The van der Waals surface area contributed by atoms with Crippen molar-refractivity contribution in [3.63, 3.8) is 0 Å². The lowest BCUT2D eigenvalue weighted by Crippen LogP contribution is -2.46. The van der Waals surface area contributed by atoms with Crippen LogP contribution in [-0.2, 0) is 14.3 Å². The maximum absolute atomic E-state index is 12.1. The Morgan fingerprint density at radius 3 is 1.46 bits per heavy atom. The van der Waals surface area contributed by atoms with Crippen molar-refractivity contribution in [2.24, 2.45) is 0 Å². The topological polar surface area (TPSA) is 63.6 Å². The first-order chi connectivity index (χ1) is 13.5. The number of carbonyl (C=O) groups is 2. The quantitative estimate of drug-likeness (QED) is 0.144. The molecule has 0 saturated carbocycles. The van der Waals surface area contributed by atoms with Crippen LogP contribution in [0.1, 0.15) is 130 Å². The second-order valence-corrected chi connectivity index (χ2v) is 8.25. The summed E-state index contributed by atoms with van der Waals surface area (Å²) in [4.78, 5) is 23.8. The number of aliphatic hydroxyl groups is 1. The summed E-state index contributed by atoms with van der Waals surface area (Å²) in [6.45, 7) is 5.79. The molecule has 0 saturated heterocycles. The maximum atomic E-state index is 12.1. The molecule has 0 radical (unpaired) electrons. The number of carbonyl (C=O) groups excluding carboxylic acids is 2. The van der Waals surface area contributed by atoms with Crippen molar-refractivity contribution in [3.05, 3.63) is 0 Å². The third-order valence-corrected chi connectivity index (χ3v) is 5.54. The zero-order valence-corrected chi connectivity index (χ0v) is 18.9. The Morgan fingerprint density at radius 2 is 1.07 bits per heavy atom. The Labute approximate surface area is 173 Å². The molecule has 0 fully saturated rings. The van der Waals surface area contributed by atoms with Crippen molar-refractivity contribution in [2.75, 3.05) is 6.61 Å². The fourth-order valence-corrected chi connectivity index (χ4v) is 3.43. The van der Waals surface area contributed by atoms with Crippen molar-refractivity contribution in [2.45, 2.75) is 136 Å². The van der Waals surface area contributed by atoms with E-state index in [0.717, 1.165) is 25.7 Å². The molecule has 0 aromatic carbocycles. The van der Waals surface area contributed by atoms with Gasteiger partial charge in [-0.3, -0.25) is 4.79 Å². The molecule has 1 N–H and O–H groups in total. The summed E-state index contributed by atoms with van der Waals surface area (Å²) < 4.78 is 5.07. The Balaban J connectivity index is 3.68. The normalized spacial score (nSPS) is 13.3. The van der Waals surface area contributed by atoms with Gasteiger partial charge < -0.3 is 9.84 Å². The zero-order chi connectivity index (χ0) is 21.1. The van der Waals surface area contributed by atoms with E-state index >= 15 is 0 Å². The van der Waals surface area contributed by atoms with Gasteiger partial charge in [0.25, 0.3) is 0 Å². The van der Waals surface area contributed by atoms with E-state index in [-0.39, 0.29) is 13.0 Å². The van der Waals surface area contributed by atoms with Crippen LogP contribution in [-0.4, -0.2) is 29.1 Å². The Hall–Kier alpha value is -0.900. The number of ether oxygens (including phenoxy) is 1. The first kappa shape index (κ1) is 27.1. The van der Waals surface area contributed by atoms with Gasteiger partial charge >= 0.3 is 5.97 Å². The van der Waals surface area contributed by atoms with Crippen molar-refractivity contribution in [1.29, 1.82) is 0 Å². The number of Topliss-reactive ketones (excluding diaryl/α,β-unsaturated/α-hetero) is 1. The van der Waals surface area contributed by atoms with E-state index in [0.29, 0.717) is 6.42 Å². The standard InChI is InChI=1S/C24H46O4/c1-4-6-8-9-10-11-12-13-14-15-16-17-18-19-20-24(27,22(3)25)23(26)28-21-7-5-2/h27H,4-21H2,1-3H3. The van der Waals surface area contributed by atoms with Crippen molar-refractivity contribution in [1.82, 2.24) is 0 Å². The van der Waals surface area contributed by atoms with E-state index in [1.807, 2.05) is 6.92 Å². The van der Waals surface area contributed by atoms with E-state index in [1.54, 1.807) is 0 Å². The minimum absolute atomic E-state index is 0.172. The maximum Gasteiger partial charge on any atom is 0.345 e. The largest absolute Gasteiger partial charge is 0.463 e. The molecule has 0 rings (SSSR count). The van der Waals surface area contributed by atoms with Crippen LogP contribution < -0.4 is 0 Å². The number of esters is 1. The van der Waals surface area contributed by atoms with Gasteiger partial charge in [-0.1, -0.05) is 104 Å². The van der Waals surface area contributed by atoms with Gasteiger partial charge in [0.2, 0.25) is 5.60 Å². The molecule has 0 aliphatic carbocycles. The highest BCUT2D eigenvalue weighted by molar-refractivity contribution is 6.05. The monoisotopic (exact) mass is 398 g/mol. The predicted octanol–water partition coefficient (Wildman–Crippen LogP) is 6.52. The molecule has 1 atom stereocenters. The fourth-order valence-electron chi connectivity index (χ4n) is 3.43. The minimum Gasteiger partial charge on any atom is -0.463 e. The van der Waals surface area contributed by atoms with Crippen LogP contribution in [0, 0.1) is 0 Å². The lowest BCUT2D eigenvalue weighted by molar-refractivity contribution is -0.171. The zero-order valence-electron chi connectivity index (χ0n) is 18.9. The number of hydrogen-bond acceptors (Lipinski definition) is 4. The SMILES string of the molecule is CCCCCCCCCCCCCCCCC(O)(C(C)=O)C(=O)OCCCC. The van der Waals surface area contributed by atoms with Crippen molar-refractivity contribution < 1.29 is 19.4 Å². The number of unbranched alkanes of at least 4 members (excludes halogenated alkanes) is 14. The van der Waals surface area contributed by atoms with Crippen LogP contribution in [0.15, 0.2) is 0 Å². The molecule has 0 amide bonds. The molecule has 0 heterocycles.